The van der Waals surface area contributed by atoms with E-state index in [2.05, 4.69) is 15.1 Å². The average Bonchev–Trinajstić information content (AvgIpc) is 3.48. The first-order valence-corrected chi connectivity index (χ1v) is 11.0. The molecule has 1 atom stereocenters. The molecule has 0 saturated carbocycles. The van der Waals surface area contributed by atoms with Crippen LogP contribution in [0.4, 0.5) is 17.6 Å². The number of halogens is 4. The van der Waals surface area contributed by atoms with Crippen LogP contribution in [0, 0.1) is 24.4 Å². The summed E-state index contributed by atoms with van der Waals surface area (Å²) in [5.74, 6) is -4.49. The van der Waals surface area contributed by atoms with Crippen LogP contribution in [0.2, 0.25) is 0 Å². The van der Waals surface area contributed by atoms with E-state index in [1.807, 2.05) is 17.7 Å². The summed E-state index contributed by atoms with van der Waals surface area (Å²) in [6.45, 7) is 2.37. The van der Waals surface area contributed by atoms with E-state index in [9.17, 15) is 13.2 Å². The number of imidazole rings is 1. The molecule has 4 aromatic rings. The molecule has 10 heteroatoms. The van der Waals surface area contributed by atoms with Gasteiger partial charge in [-0.1, -0.05) is 6.07 Å². The fraction of sp³-hybridized carbons (Fsp3) is 0.240. The number of hydrogen-bond acceptors (Lipinski definition) is 4. The summed E-state index contributed by atoms with van der Waals surface area (Å²) >= 11 is 0. The van der Waals surface area contributed by atoms with Crippen molar-refractivity contribution in [3.63, 3.8) is 0 Å². The lowest BCUT2D eigenvalue weighted by Gasteiger charge is -2.22. The number of aromatic nitrogens is 5. The lowest BCUT2D eigenvalue weighted by atomic mass is 9.91. The van der Waals surface area contributed by atoms with Crippen molar-refractivity contribution in [3.8, 4) is 11.4 Å². The predicted octanol–water partition coefficient (Wildman–Crippen LogP) is 5.59. The van der Waals surface area contributed by atoms with Gasteiger partial charge < -0.3 is 9.30 Å². The summed E-state index contributed by atoms with van der Waals surface area (Å²) in [4.78, 5) is 8.53. The number of methoxy groups -OCH3 is 1. The van der Waals surface area contributed by atoms with Crippen molar-refractivity contribution in [1.29, 1.82) is 0 Å². The van der Waals surface area contributed by atoms with E-state index in [-0.39, 0.29) is 11.4 Å². The lowest BCUT2D eigenvalue weighted by molar-refractivity contribution is 0.413. The minimum absolute atomic E-state index is 0.136. The zero-order chi connectivity index (χ0) is 24.7. The molecule has 2 aromatic carbocycles. The van der Waals surface area contributed by atoms with Gasteiger partial charge in [-0.15, -0.1) is 5.10 Å². The van der Waals surface area contributed by atoms with E-state index in [0.29, 0.717) is 36.5 Å². The van der Waals surface area contributed by atoms with Gasteiger partial charge in [0, 0.05) is 18.7 Å². The molecule has 2 aromatic heterocycles. The number of nitrogens with zero attached hydrogens (tertiary/aromatic N) is 5. The van der Waals surface area contributed by atoms with Crippen molar-refractivity contribution in [2.45, 2.75) is 32.2 Å². The Labute approximate surface area is 198 Å². The molecule has 180 valence electrons. The molecular formula is C25H21F4N5O. The third-order valence-electron chi connectivity index (χ3n) is 5.98. The summed E-state index contributed by atoms with van der Waals surface area (Å²) in [6, 6.07) is 7.12. The van der Waals surface area contributed by atoms with Crippen LogP contribution in [0.5, 0.6) is 5.75 Å². The Morgan fingerprint density at radius 1 is 1.14 bits per heavy atom. The number of ether oxygens (including phenoxy) is 1. The van der Waals surface area contributed by atoms with Gasteiger partial charge >= 0.3 is 0 Å². The van der Waals surface area contributed by atoms with Crippen LogP contribution in [0.1, 0.15) is 47.2 Å². The van der Waals surface area contributed by atoms with Crippen LogP contribution >= 0.6 is 0 Å². The van der Waals surface area contributed by atoms with Gasteiger partial charge in [-0.3, -0.25) is 0 Å². The molecule has 1 unspecified atom stereocenters. The highest BCUT2D eigenvalue weighted by molar-refractivity contribution is 5.75. The van der Waals surface area contributed by atoms with Gasteiger partial charge in [0.15, 0.2) is 23.3 Å². The number of benzene rings is 2. The Bertz CT molecular complexity index is 1420. The van der Waals surface area contributed by atoms with Crippen molar-refractivity contribution in [2.75, 3.05) is 7.11 Å². The van der Waals surface area contributed by atoms with Crippen LogP contribution in [0.3, 0.4) is 0 Å². The van der Waals surface area contributed by atoms with Gasteiger partial charge in [-0.2, -0.15) is 0 Å². The maximum absolute atomic E-state index is 15.2. The van der Waals surface area contributed by atoms with Crippen molar-refractivity contribution >= 4 is 11.9 Å². The molecule has 1 aliphatic rings. The second-order valence-corrected chi connectivity index (χ2v) is 8.36. The fourth-order valence-electron chi connectivity index (χ4n) is 4.31. The van der Waals surface area contributed by atoms with Crippen LogP contribution in [0.25, 0.3) is 17.6 Å². The normalized spacial score (nSPS) is 15.8. The van der Waals surface area contributed by atoms with Crippen molar-refractivity contribution in [1.82, 2.24) is 24.3 Å². The molecule has 0 fully saturated rings. The fourth-order valence-corrected chi connectivity index (χ4v) is 4.31. The summed E-state index contributed by atoms with van der Waals surface area (Å²) < 4.78 is 65.0. The summed E-state index contributed by atoms with van der Waals surface area (Å²) in [5, 5.41) is 4.25. The zero-order valence-electron chi connectivity index (χ0n) is 19.0. The lowest BCUT2D eigenvalue weighted by Crippen LogP contribution is -2.18. The quantitative estimate of drug-likeness (QED) is 0.274. The molecule has 3 heterocycles. The average molecular weight is 483 g/mol. The SMILES string of the molecule is COc1cc(C=C(F)c2nc3n(n2)CCCC3c2cc(F)c(F)c(F)c2)ccc1-n1cnc(C)c1. The van der Waals surface area contributed by atoms with Crippen LogP contribution in [0.15, 0.2) is 42.9 Å². The van der Waals surface area contributed by atoms with E-state index >= 15 is 4.39 Å². The first-order chi connectivity index (χ1) is 16.8. The number of fused-ring (bicyclic) bond motifs is 1. The standard InChI is InChI=1S/C25H21F4N5O/c1-14-12-33(13-30-14)21-6-5-15(9-22(21)35-2)8-20(28)24-31-25-17(4-3-7-34(25)32-24)16-10-18(26)23(29)19(27)11-16/h5-6,8-13,17H,3-4,7H2,1-2H3. The second kappa shape index (κ2) is 9.01. The predicted molar refractivity (Wildman–Crippen MR) is 121 cm³/mol. The molecular weight excluding hydrogens is 462 g/mol. The summed E-state index contributed by atoms with van der Waals surface area (Å²) in [6.07, 6.45) is 5.99. The maximum atomic E-state index is 15.2. The molecule has 35 heavy (non-hydrogen) atoms. The van der Waals surface area contributed by atoms with Crippen molar-refractivity contribution in [2.24, 2.45) is 0 Å². The molecule has 5 rings (SSSR count). The van der Waals surface area contributed by atoms with E-state index in [1.54, 1.807) is 24.5 Å². The number of rotatable bonds is 5. The molecule has 0 bridgehead atoms. The van der Waals surface area contributed by atoms with Gasteiger partial charge in [0.1, 0.15) is 11.6 Å². The van der Waals surface area contributed by atoms with Gasteiger partial charge in [0.2, 0.25) is 5.82 Å². The van der Waals surface area contributed by atoms with E-state index in [4.69, 9.17) is 4.74 Å². The summed E-state index contributed by atoms with van der Waals surface area (Å²) in [7, 11) is 1.53. The Hall–Kier alpha value is -3.95. The molecule has 0 amide bonds. The first-order valence-electron chi connectivity index (χ1n) is 11.0. The second-order valence-electron chi connectivity index (χ2n) is 8.36. The van der Waals surface area contributed by atoms with Gasteiger partial charge in [0.25, 0.3) is 0 Å². The van der Waals surface area contributed by atoms with E-state index < -0.39 is 29.2 Å². The van der Waals surface area contributed by atoms with Crippen molar-refractivity contribution in [3.05, 3.63) is 88.8 Å². The molecule has 0 N–H and O–H groups in total. The molecule has 0 spiro atoms. The molecule has 6 nitrogen and oxygen atoms in total. The Morgan fingerprint density at radius 3 is 2.60 bits per heavy atom. The smallest absolute Gasteiger partial charge is 0.210 e. The zero-order valence-corrected chi connectivity index (χ0v) is 19.0. The first kappa shape index (κ1) is 22.8. The van der Waals surface area contributed by atoms with Gasteiger partial charge in [-0.25, -0.2) is 32.2 Å². The monoisotopic (exact) mass is 483 g/mol. The third kappa shape index (κ3) is 4.31. The van der Waals surface area contributed by atoms with E-state index in [1.165, 1.54) is 17.9 Å². The van der Waals surface area contributed by atoms with Gasteiger partial charge in [0.05, 0.1) is 24.8 Å². The Morgan fingerprint density at radius 2 is 1.91 bits per heavy atom. The Balaban J connectivity index is 1.46. The molecule has 1 aliphatic heterocycles. The van der Waals surface area contributed by atoms with Crippen LogP contribution in [-0.4, -0.2) is 31.4 Å². The highest BCUT2D eigenvalue weighted by Gasteiger charge is 2.28. The van der Waals surface area contributed by atoms with Crippen LogP contribution in [-0.2, 0) is 6.54 Å². The maximum Gasteiger partial charge on any atom is 0.210 e. The highest BCUT2D eigenvalue weighted by atomic mass is 19.2. The minimum atomic E-state index is -1.52. The summed E-state index contributed by atoms with van der Waals surface area (Å²) in [5.41, 5.74) is 2.37. The number of aryl methyl sites for hydroxylation is 2. The third-order valence-corrected chi connectivity index (χ3v) is 5.98. The van der Waals surface area contributed by atoms with Crippen molar-refractivity contribution < 1.29 is 22.3 Å². The van der Waals surface area contributed by atoms with E-state index in [0.717, 1.165) is 23.5 Å². The minimum Gasteiger partial charge on any atom is -0.495 e. The topological polar surface area (TPSA) is 57.8 Å². The highest BCUT2D eigenvalue weighted by Crippen LogP contribution is 2.35. The van der Waals surface area contributed by atoms with Crippen LogP contribution < -0.4 is 4.74 Å². The molecule has 0 saturated heterocycles. The molecule has 0 radical (unpaired) electrons. The Kier molecular flexibility index (Phi) is 5.88. The molecule has 0 aliphatic carbocycles. The van der Waals surface area contributed by atoms with Gasteiger partial charge in [-0.05, 0) is 61.2 Å². The number of hydrogen-bond donors (Lipinski definition) is 0. The largest absolute Gasteiger partial charge is 0.495 e.